The Labute approximate surface area is 114 Å². The third kappa shape index (κ3) is 2.69. The van der Waals surface area contributed by atoms with Gasteiger partial charge in [0.05, 0.1) is 11.8 Å². The number of carbonyl (C=O) groups is 2. The van der Waals surface area contributed by atoms with E-state index in [-0.39, 0.29) is 11.5 Å². The van der Waals surface area contributed by atoms with Crippen LogP contribution in [0.25, 0.3) is 0 Å². The van der Waals surface area contributed by atoms with Crippen LogP contribution in [0, 0.1) is 0 Å². The number of halogens is 3. The van der Waals surface area contributed by atoms with Gasteiger partial charge in [-0.05, 0) is 37.6 Å². The van der Waals surface area contributed by atoms with Crippen LogP contribution in [-0.4, -0.2) is 17.9 Å². The lowest BCUT2D eigenvalue weighted by atomic mass is 9.85. The normalized spacial score (nSPS) is 16.8. The predicted molar refractivity (Wildman–Crippen MR) is 67.7 cm³/mol. The van der Waals surface area contributed by atoms with Gasteiger partial charge in [0.1, 0.15) is 0 Å². The molecule has 1 N–H and O–H groups in total. The van der Waals surface area contributed by atoms with Crippen molar-refractivity contribution in [3.05, 3.63) is 29.3 Å². The molecule has 2 rings (SSSR count). The number of hydrogen-bond donors (Lipinski definition) is 1. The SMILES string of the molecule is CC1(C)C(=O)Nc2ccc(C(=O)CCC(F)(F)F)cc21. The lowest BCUT2D eigenvalue weighted by Crippen LogP contribution is -2.27. The molecule has 1 heterocycles. The Morgan fingerprint density at radius 3 is 2.55 bits per heavy atom. The average Bonchev–Trinajstić information content (AvgIpc) is 2.56. The van der Waals surface area contributed by atoms with Crippen LogP contribution in [0.3, 0.4) is 0 Å². The average molecular weight is 285 g/mol. The van der Waals surface area contributed by atoms with Crippen LogP contribution in [0.5, 0.6) is 0 Å². The topological polar surface area (TPSA) is 46.2 Å². The third-order valence-corrected chi connectivity index (χ3v) is 3.47. The standard InChI is InChI=1S/C14H14F3NO2/c1-13(2)9-7-8(3-4-10(9)18-12(13)20)11(19)5-6-14(15,16)17/h3-4,7H,5-6H2,1-2H3,(H,18,20). The van der Waals surface area contributed by atoms with Crippen LogP contribution in [-0.2, 0) is 10.2 Å². The van der Waals surface area contributed by atoms with Gasteiger partial charge in [0.2, 0.25) is 5.91 Å². The van der Waals surface area contributed by atoms with Gasteiger partial charge in [-0.1, -0.05) is 0 Å². The van der Waals surface area contributed by atoms with Crippen molar-refractivity contribution >= 4 is 17.4 Å². The number of ketones is 1. The van der Waals surface area contributed by atoms with Gasteiger partial charge in [-0.15, -0.1) is 0 Å². The van der Waals surface area contributed by atoms with E-state index in [0.29, 0.717) is 11.3 Å². The van der Waals surface area contributed by atoms with E-state index in [1.807, 2.05) is 0 Å². The molecule has 1 aliphatic heterocycles. The predicted octanol–water partition coefficient (Wildman–Crippen LogP) is 3.44. The summed E-state index contributed by atoms with van der Waals surface area (Å²) in [5, 5.41) is 2.68. The smallest absolute Gasteiger partial charge is 0.325 e. The molecule has 0 saturated heterocycles. The highest BCUT2D eigenvalue weighted by Gasteiger charge is 2.38. The van der Waals surface area contributed by atoms with Crippen LogP contribution in [0.2, 0.25) is 0 Å². The Balaban J connectivity index is 2.23. The summed E-state index contributed by atoms with van der Waals surface area (Å²) in [5.74, 6) is -0.757. The molecule has 3 nitrogen and oxygen atoms in total. The first-order chi connectivity index (χ1) is 9.11. The number of carbonyl (C=O) groups excluding carboxylic acids is 2. The van der Waals surface area contributed by atoms with Gasteiger partial charge in [-0.3, -0.25) is 9.59 Å². The fourth-order valence-electron chi connectivity index (χ4n) is 2.14. The first kappa shape index (κ1) is 14.6. The molecule has 1 amide bonds. The fraction of sp³-hybridized carbons (Fsp3) is 0.429. The largest absolute Gasteiger partial charge is 0.389 e. The second-order valence-corrected chi connectivity index (χ2v) is 5.38. The molecule has 1 aliphatic rings. The summed E-state index contributed by atoms with van der Waals surface area (Å²) >= 11 is 0. The van der Waals surface area contributed by atoms with E-state index in [1.165, 1.54) is 12.1 Å². The van der Waals surface area contributed by atoms with Gasteiger partial charge in [-0.25, -0.2) is 0 Å². The maximum atomic E-state index is 12.1. The van der Waals surface area contributed by atoms with Crippen LogP contribution < -0.4 is 5.32 Å². The molecule has 0 aromatic heterocycles. The Hall–Kier alpha value is -1.85. The number of hydrogen-bond acceptors (Lipinski definition) is 2. The van der Waals surface area contributed by atoms with Gasteiger partial charge in [0.25, 0.3) is 0 Å². The quantitative estimate of drug-likeness (QED) is 0.865. The maximum absolute atomic E-state index is 12.1. The van der Waals surface area contributed by atoms with Crippen molar-refractivity contribution in [3.8, 4) is 0 Å². The molecule has 1 aromatic rings. The molecule has 0 fully saturated rings. The van der Waals surface area contributed by atoms with Gasteiger partial charge in [0, 0.05) is 17.7 Å². The second-order valence-electron chi connectivity index (χ2n) is 5.38. The second kappa shape index (κ2) is 4.61. The minimum absolute atomic E-state index is 0.188. The van der Waals surface area contributed by atoms with E-state index >= 15 is 0 Å². The van der Waals surface area contributed by atoms with E-state index < -0.39 is 30.2 Å². The van der Waals surface area contributed by atoms with Gasteiger partial charge in [-0.2, -0.15) is 13.2 Å². The van der Waals surface area contributed by atoms with Crippen LogP contribution in [0.1, 0.15) is 42.6 Å². The maximum Gasteiger partial charge on any atom is 0.389 e. The van der Waals surface area contributed by atoms with E-state index in [1.54, 1.807) is 19.9 Å². The van der Waals surface area contributed by atoms with Crippen molar-refractivity contribution in [1.82, 2.24) is 0 Å². The lowest BCUT2D eigenvalue weighted by molar-refractivity contribution is -0.133. The molecule has 6 heteroatoms. The number of Topliss-reactive ketones (excluding diaryl/α,β-unsaturated/α-hetero) is 1. The summed E-state index contributed by atoms with van der Waals surface area (Å²) < 4.78 is 36.4. The molecule has 0 atom stereocenters. The molecule has 108 valence electrons. The van der Waals surface area contributed by atoms with Crippen molar-refractivity contribution in [2.75, 3.05) is 5.32 Å². The summed E-state index contributed by atoms with van der Waals surface area (Å²) in [6, 6.07) is 4.51. The van der Waals surface area contributed by atoms with E-state index in [0.717, 1.165) is 0 Å². The zero-order valence-electron chi connectivity index (χ0n) is 11.1. The monoisotopic (exact) mass is 285 g/mol. The Bertz CT molecular complexity index is 576. The Morgan fingerprint density at radius 2 is 1.95 bits per heavy atom. The molecule has 1 aromatic carbocycles. The highest BCUT2D eigenvalue weighted by atomic mass is 19.4. The number of rotatable bonds is 3. The van der Waals surface area contributed by atoms with Crippen molar-refractivity contribution in [2.24, 2.45) is 0 Å². The first-order valence-electron chi connectivity index (χ1n) is 6.17. The summed E-state index contributed by atoms with van der Waals surface area (Å²) in [4.78, 5) is 23.5. The summed E-state index contributed by atoms with van der Waals surface area (Å²) in [7, 11) is 0. The molecule has 0 spiro atoms. The highest BCUT2D eigenvalue weighted by molar-refractivity contribution is 6.07. The lowest BCUT2D eigenvalue weighted by Gasteiger charge is -2.15. The zero-order chi connectivity index (χ0) is 15.1. The van der Waals surface area contributed by atoms with Crippen molar-refractivity contribution < 1.29 is 22.8 Å². The van der Waals surface area contributed by atoms with Gasteiger partial charge < -0.3 is 5.32 Å². The molecular formula is C14H14F3NO2. The van der Waals surface area contributed by atoms with Crippen molar-refractivity contribution in [3.63, 3.8) is 0 Å². The first-order valence-corrected chi connectivity index (χ1v) is 6.17. The molecular weight excluding hydrogens is 271 g/mol. The van der Waals surface area contributed by atoms with Crippen LogP contribution >= 0.6 is 0 Å². The summed E-state index contributed by atoms with van der Waals surface area (Å²) in [6.07, 6.45) is -6.06. The Morgan fingerprint density at radius 1 is 1.30 bits per heavy atom. The summed E-state index contributed by atoms with van der Waals surface area (Å²) in [6.45, 7) is 3.41. The number of benzene rings is 1. The fourth-order valence-corrected chi connectivity index (χ4v) is 2.14. The molecule has 0 radical (unpaired) electrons. The van der Waals surface area contributed by atoms with Gasteiger partial charge >= 0.3 is 6.18 Å². The van der Waals surface area contributed by atoms with Gasteiger partial charge in [0.15, 0.2) is 5.78 Å². The zero-order valence-corrected chi connectivity index (χ0v) is 11.1. The molecule has 20 heavy (non-hydrogen) atoms. The Kier molecular flexibility index (Phi) is 3.36. The number of fused-ring (bicyclic) bond motifs is 1. The minimum atomic E-state index is -4.34. The highest BCUT2D eigenvalue weighted by Crippen LogP contribution is 2.38. The number of alkyl halides is 3. The third-order valence-electron chi connectivity index (χ3n) is 3.47. The van der Waals surface area contributed by atoms with Crippen molar-refractivity contribution in [2.45, 2.75) is 38.3 Å². The molecule has 0 aliphatic carbocycles. The molecule has 0 unspecified atom stereocenters. The number of anilines is 1. The van der Waals surface area contributed by atoms with E-state index in [4.69, 9.17) is 0 Å². The summed E-state index contributed by atoms with van der Waals surface area (Å²) in [5.41, 5.74) is 0.667. The van der Waals surface area contributed by atoms with E-state index in [9.17, 15) is 22.8 Å². The van der Waals surface area contributed by atoms with E-state index in [2.05, 4.69) is 5.32 Å². The van der Waals surface area contributed by atoms with Crippen LogP contribution in [0.15, 0.2) is 18.2 Å². The molecule has 0 bridgehead atoms. The number of nitrogens with one attached hydrogen (secondary N) is 1. The minimum Gasteiger partial charge on any atom is -0.325 e. The van der Waals surface area contributed by atoms with Crippen molar-refractivity contribution in [1.29, 1.82) is 0 Å². The van der Waals surface area contributed by atoms with Crippen LogP contribution in [0.4, 0.5) is 18.9 Å². The molecule has 0 saturated carbocycles. The number of amides is 1.